The van der Waals surface area contributed by atoms with Gasteiger partial charge in [-0.1, -0.05) is 24.3 Å². The van der Waals surface area contributed by atoms with E-state index in [0.29, 0.717) is 6.04 Å². The molecule has 5 nitrogen and oxygen atoms in total. The van der Waals surface area contributed by atoms with Gasteiger partial charge in [0.15, 0.2) is 0 Å². The summed E-state index contributed by atoms with van der Waals surface area (Å²) in [5.74, 6) is 0.0687. The molecule has 0 bridgehead atoms. The fraction of sp³-hybridized carbons (Fsp3) is 0.696. The molecule has 5 rings (SSSR count). The molecule has 152 valence electrons. The van der Waals surface area contributed by atoms with Gasteiger partial charge in [0.25, 0.3) is 0 Å². The fourth-order valence-corrected chi connectivity index (χ4v) is 5.87. The summed E-state index contributed by atoms with van der Waals surface area (Å²) in [6.45, 7) is 7.35. The Morgan fingerprint density at radius 1 is 1.04 bits per heavy atom. The lowest BCUT2D eigenvalue weighted by Crippen LogP contribution is -2.40. The minimum Gasteiger partial charge on any atom is -0.461 e. The van der Waals surface area contributed by atoms with Crippen LogP contribution in [0.25, 0.3) is 0 Å². The number of nitrogens with zero attached hydrogens (tertiary/aromatic N) is 2. The van der Waals surface area contributed by atoms with Crippen LogP contribution in [-0.2, 0) is 22.4 Å². The zero-order valence-corrected chi connectivity index (χ0v) is 16.9. The number of rotatable bonds is 3. The number of benzene rings is 1. The number of fused-ring (bicyclic) bond motifs is 1. The lowest BCUT2D eigenvalue weighted by atomic mass is 9.76. The number of nitrogens with one attached hydrogen (secondary N) is 1. The van der Waals surface area contributed by atoms with Crippen molar-refractivity contribution in [1.82, 2.24) is 15.1 Å². The van der Waals surface area contributed by atoms with Crippen LogP contribution in [0.3, 0.4) is 0 Å². The van der Waals surface area contributed by atoms with Gasteiger partial charge in [0.2, 0.25) is 0 Å². The molecule has 1 atom stereocenters. The monoisotopic (exact) mass is 383 g/mol. The highest BCUT2D eigenvalue weighted by atomic mass is 16.6. The average molecular weight is 384 g/mol. The Morgan fingerprint density at radius 2 is 1.79 bits per heavy atom. The molecule has 5 heteroatoms. The highest BCUT2D eigenvalue weighted by Crippen LogP contribution is 2.41. The third-order valence-electron chi connectivity index (χ3n) is 7.52. The van der Waals surface area contributed by atoms with Crippen molar-refractivity contribution in [1.29, 1.82) is 0 Å². The number of carbonyl (C=O) groups is 1. The molecule has 1 aromatic carbocycles. The molecule has 4 aliphatic rings. The van der Waals surface area contributed by atoms with Gasteiger partial charge in [0.1, 0.15) is 6.10 Å². The Balaban J connectivity index is 1.15. The van der Waals surface area contributed by atoms with E-state index in [-0.39, 0.29) is 17.5 Å². The molecule has 0 radical (unpaired) electrons. The van der Waals surface area contributed by atoms with Crippen LogP contribution < -0.4 is 5.32 Å². The van der Waals surface area contributed by atoms with E-state index in [1.54, 1.807) is 11.1 Å². The van der Waals surface area contributed by atoms with Crippen molar-refractivity contribution in [3.8, 4) is 0 Å². The Labute approximate surface area is 168 Å². The number of hydrogen-bond acceptors (Lipinski definition) is 5. The minimum atomic E-state index is -0.191. The lowest BCUT2D eigenvalue weighted by molar-refractivity contribution is -0.150. The summed E-state index contributed by atoms with van der Waals surface area (Å²) in [5.41, 5.74) is 2.89. The molecule has 3 saturated heterocycles. The molecule has 3 fully saturated rings. The maximum Gasteiger partial charge on any atom is 0.312 e. The first-order valence-corrected chi connectivity index (χ1v) is 11.2. The third kappa shape index (κ3) is 3.60. The zero-order chi connectivity index (χ0) is 19.0. The number of cyclic esters (lactones) is 1. The van der Waals surface area contributed by atoms with Crippen molar-refractivity contribution in [2.75, 3.05) is 45.8 Å². The third-order valence-corrected chi connectivity index (χ3v) is 7.52. The van der Waals surface area contributed by atoms with Crippen molar-refractivity contribution in [2.24, 2.45) is 5.41 Å². The van der Waals surface area contributed by atoms with Crippen molar-refractivity contribution in [2.45, 2.75) is 50.7 Å². The molecule has 1 unspecified atom stereocenters. The Morgan fingerprint density at radius 3 is 2.54 bits per heavy atom. The predicted octanol–water partition coefficient (Wildman–Crippen LogP) is 1.85. The van der Waals surface area contributed by atoms with Crippen molar-refractivity contribution < 1.29 is 9.53 Å². The molecule has 0 aromatic heterocycles. The fourth-order valence-electron chi connectivity index (χ4n) is 5.87. The van der Waals surface area contributed by atoms with Gasteiger partial charge >= 0.3 is 5.97 Å². The largest absolute Gasteiger partial charge is 0.461 e. The quantitative estimate of drug-likeness (QED) is 0.807. The first-order valence-electron chi connectivity index (χ1n) is 11.2. The van der Waals surface area contributed by atoms with E-state index >= 15 is 0 Å². The van der Waals surface area contributed by atoms with Gasteiger partial charge in [-0.2, -0.15) is 0 Å². The van der Waals surface area contributed by atoms with Crippen LogP contribution >= 0.6 is 0 Å². The summed E-state index contributed by atoms with van der Waals surface area (Å²) in [5, 5.41) is 3.38. The van der Waals surface area contributed by atoms with Gasteiger partial charge in [0.05, 0.1) is 5.41 Å². The van der Waals surface area contributed by atoms with Gasteiger partial charge in [-0.3, -0.25) is 14.6 Å². The van der Waals surface area contributed by atoms with E-state index in [4.69, 9.17) is 4.74 Å². The molecule has 0 saturated carbocycles. The molecule has 1 N–H and O–H groups in total. The van der Waals surface area contributed by atoms with Gasteiger partial charge in [-0.05, 0) is 69.4 Å². The van der Waals surface area contributed by atoms with E-state index in [9.17, 15) is 4.79 Å². The SMILES string of the molecule is O=C1OC(CN2CCCN(C3Cc4ccccc4C3)CC2)CC12CCNCC2. The molecule has 0 amide bonds. The Hall–Kier alpha value is -1.43. The number of esters is 1. The minimum absolute atomic E-state index is 0.0687. The molecule has 28 heavy (non-hydrogen) atoms. The van der Waals surface area contributed by atoms with E-state index in [2.05, 4.69) is 39.4 Å². The molecular weight excluding hydrogens is 350 g/mol. The number of carbonyl (C=O) groups excluding carboxylic acids is 1. The van der Waals surface area contributed by atoms with Gasteiger partial charge in [-0.15, -0.1) is 0 Å². The van der Waals surface area contributed by atoms with Crippen LogP contribution in [0.5, 0.6) is 0 Å². The van der Waals surface area contributed by atoms with Gasteiger partial charge < -0.3 is 10.1 Å². The van der Waals surface area contributed by atoms with E-state index in [0.717, 1.165) is 58.5 Å². The van der Waals surface area contributed by atoms with Crippen LogP contribution in [0.1, 0.15) is 36.8 Å². The van der Waals surface area contributed by atoms with E-state index in [1.165, 1.54) is 25.8 Å². The van der Waals surface area contributed by atoms with E-state index in [1.807, 2.05) is 0 Å². The molecular formula is C23H33N3O2. The van der Waals surface area contributed by atoms with Crippen LogP contribution in [0.2, 0.25) is 0 Å². The molecule has 1 aliphatic carbocycles. The van der Waals surface area contributed by atoms with Gasteiger partial charge in [-0.25, -0.2) is 0 Å². The first kappa shape index (κ1) is 18.6. The topological polar surface area (TPSA) is 44.8 Å². The maximum atomic E-state index is 12.5. The van der Waals surface area contributed by atoms with Crippen LogP contribution in [0.15, 0.2) is 24.3 Å². The van der Waals surface area contributed by atoms with Crippen molar-refractivity contribution in [3.63, 3.8) is 0 Å². The number of ether oxygens (including phenoxy) is 1. The van der Waals surface area contributed by atoms with E-state index < -0.39 is 0 Å². The predicted molar refractivity (Wildman–Crippen MR) is 109 cm³/mol. The summed E-state index contributed by atoms with van der Waals surface area (Å²) in [6.07, 6.45) is 6.51. The standard InChI is InChI=1S/C23H33N3O2/c27-22-23(6-8-24-9-7-23)16-21(28-22)17-25-10-3-11-26(13-12-25)20-14-18-4-1-2-5-19(18)15-20/h1-2,4-5,20-21,24H,3,6-17H2. The summed E-state index contributed by atoms with van der Waals surface area (Å²) in [6, 6.07) is 9.60. The lowest BCUT2D eigenvalue weighted by Gasteiger charge is -2.30. The number of hydrogen-bond donors (Lipinski definition) is 1. The summed E-state index contributed by atoms with van der Waals surface area (Å²) in [7, 11) is 0. The molecule has 1 aromatic rings. The molecule has 1 spiro atoms. The summed E-state index contributed by atoms with van der Waals surface area (Å²) in [4.78, 5) is 17.8. The normalized spacial score (nSPS) is 29.0. The zero-order valence-electron chi connectivity index (χ0n) is 16.9. The molecule has 3 heterocycles. The smallest absolute Gasteiger partial charge is 0.312 e. The van der Waals surface area contributed by atoms with Crippen LogP contribution in [0, 0.1) is 5.41 Å². The van der Waals surface area contributed by atoms with Crippen LogP contribution in [0.4, 0.5) is 0 Å². The Kier molecular flexibility index (Phi) is 5.16. The average Bonchev–Trinajstić information content (AvgIpc) is 3.16. The van der Waals surface area contributed by atoms with Crippen molar-refractivity contribution in [3.05, 3.63) is 35.4 Å². The van der Waals surface area contributed by atoms with Crippen molar-refractivity contribution >= 4 is 5.97 Å². The summed E-state index contributed by atoms with van der Waals surface area (Å²) < 4.78 is 5.85. The maximum absolute atomic E-state index is 12.5. The second-order valence-corrected chi connectivity index (χ2v) is 9.28. The van der Waals surface area contributed by atoms with Crippen LogP contribution in [-0.4, -0.2) is 73.7 Å². The highest BCUT2D eigenvalue weighted by molar-refractivity contribution is 5.79. The summed E-state index contributed by atoms with van der Waals surface area (Å²) >= 11 is 0. The Bertz CT molecular complexity index is 691. The number of piperidine rings is 1. The van der Waals surface area contributed by atoms with Gasteiger partial charge in [0, 0.05) is 32.1 Å². The highest BCUT2D eigenvalue weighted by Gasteiger charge is 2.49. The second-order valence-electron chi connectivity index (χ2n) is 9.28. The first-order chi connectivity index (χ1) is 13.7. The second kappa shape index (κ2) is 7.77. The molecule has 3 aliphatic heterocycles.